The van der Waals surface area contributed by atoms with Gasteiger partial charge in [-0.1, -0.05) is 50.3 Å². The van der Waals surface area contributed by atoms with E-state index in [-0.39, 0.29) is 6.03 Å². The summed E-state index contributed by atoms with van der Waals surface area (Å²) in [7, 11) is 1.78. The number of amides is 2. The van der Waals surface area contributed by atoms with Crippen molar-refractivity contribution in [1.82, 2.24) is 10.2 Å². The average Bonchev–Trinajstić information content (AvgIpc) is 2.29. The molecule has 0 aliphatic heterocycles. The fourth-order valence-corrected chi connectivity index (χ4v) is 1.35. The summed E-state index contributed by atoms with van der Waals surface area (Å²) in [5.74, 6) is 0.440. The number of carbonyl (C=O) groups excluding carboxylic acids is 1. The van der Waals surface area contributed by atoms with Gasteiger partial charge < -0.3 is 10.2 Å². The summed E-state index contributed by atoms with van der Waals surface area (Å²) in [5, 5.41) is 2.74. The second-order valence-electron chi connectivity index (χ2n) is 4.39. The molecule has 0 saturated carbocycles. The van der Waals surface area contributed by atoms with Crippen molar-refractivity contribution in [1.29, 1.82) is 0 Å². The zero-order valence-electron chi connectivity index (χ0n) is 10.7. The van der Waals surface area contributed by atoms with Crippen LogP contribution in [0.2, 0.25) is 0 Å². The van der Waals surface area contributed by atoms with Gasteiger partial charge in [0.05, 0.1) is 0 Å². The SMILES string of the molecule is CC(C)/C=C/NC(=O)N(C)Cc1ccccc1. The van der Waals surface area contributed by atoms with E-state index in [9.17, 15) is 4.79 Å². The number of hydrogen-bond donors (Lipinski definition) is 1. The van der Waals surface area contributed by atoms with Crippen LogP contribution in [0.15, 0.2) is 42.6 Å². The minimum atomic E-state index is -0.0919. The summed E-state index contributed by atoms with van der Waals surface area (Å²) in [6.45, 7) is 4.74. The van der Waals surface area contributed by atoms with Crippen LogP contribution < -0.4 is 5.32 Å². The number of carbonyl (C=O) groups is 1. The lowest BCUT2D eigenvalue weighted by Crippen LogP contribution is -2.33. The number of urea groups is 1. The molecule has 92 valence electrons. The van der Waals surface area contributed by atoms with Crippen molar-refractivity contribution in [3.8, 4) is 0 Å². The van der Waals surface area contributed by atoms with Crippen molar-refractivity contribution in [2.45, 2.75) is 20.4 Å². The maximum Gasteiger partial charge on any atom is 0.321 e. The fraction of sp³-hybridized carbons (Fsp3) is 0.357. The standard InChI is InChI=1S/C14H20N2O/c1-12(2)9-10-15-14(17)16(3)11-13-7-5-4-6-8-13/h4-10,12H,11H2,1-3H3,(H,15,17)/b10-9+. The molecule has 1 aromatic rings. The first-order valence-corrected chi connectivity index (χ1v) is 5.82. The van der Waals surface area contributed by atoms with Gasteiger partial charge in [0.2, 0.25) is 0 Å². The molecular weight excluding hydrogens is 212 g/mol. The van der Waals surface area contributed by atoms with E-state index in [1.807, 2.05) is 36.4 Å². The lowest BCUT2D eigenvalue weighted by molar-refractivity contribution is 0.210. The summed E-state index contributed by atoms with van der Waals surface area (Å²) >= 11 is 0. The Hall–Kier alpha value is -1.77. The first kappa shape index (κ1) is 13.3. The van der Waals surface area contributed by atoms with E-state index in [4.69, 9.17) is 0 Å². The highest BCUT2D eigenvalue weighted by Crippen LogP contribution is 2.02. The molecule has 0 radical (unpaired) electrons. The molecule has 0 aromatic heterocycles. The maximum absolute atomic E-state index is 11.7. The van der Waals surface area contributed by atoms with Crippen LogP contribution in [0.1, 0.15) is 19.4 Å². The number of benzene rings is 1. The molecule has 0 atom stereocenters. The number of nitrogens with one attached hydrogen (secondary N) is 1. The fourth-order valence-electron chi connectivity index (χ4n) is 1.35. The second kappa shape index (κ2) is 6.74. The van der Waals surface area contributed by atoms with Gasteiger partial charge in [-0.15, -0.1) is 0 Å². The van der Waals surface area contributed by atoms with E-state index >= 15 is 0 Å². The molecule has 1 rings (SSSR count). The third kappa shape index (κ3) is 5.20. The van der Waals surface area contributed by atoms with E-state index in [0.29, 0.717) is 12.5 Å². The lowest BCUT2D eigenvalue weighted by Gasteiger charge is -2.16. The number of allylic oxidation sites excluding steroid dienone is 1. The van der Waals surface area contributed by atoms with Crippen molar-refractivity contribution in [3.05, 3.63) is 48.2 Å². The highest BCUT2D eigenvalue weighted by Gasteiger charge is 2.06. The Labute approximate surface area is 103 Å². The average molecular weight is 232 g/mol. The molecule has 1 N–H and O–H groups in total. The Morgan fingerprint density at radius 2 is 2.00 bits per heavy atom. The van der Waals surface area contributed by atoms with Gasteiger partial charge in [-0.05, 0) is 11.5 Å². The van der Waals surface area contributed by atoms with Crippen LogP contribution in [0, 0.1) is 5.92 Å². The molecule has 0 aliphatic rings. The van der Waals surface area contributed by atoms with Gasteiger partial charge in [-0.3, -0.25) is 0 Å². The van der Waals surface area contributed by atoms with E-state index in [0.717, 1.165) is 5.56 Å². The van der Waals surface area contributed by atoms with Crippen molar-refractivity contribution >= 4 is 6.03 Å². The Bertz CT molecular complexity index is 371. The smallest absolute Gasteiger partial charge is 0.321 e. The molecule has 1 aromatic carbocycles. The van der Waals surface area contributed by atoms with Gasteiger partial charge in [0.25, 0.3) is 0 Å². The molecule has 0 bridgehead atoms. The van der Waals surface area contributed by atoms with Crippen LogP contribution in [0.4, 0.5) is 4.79 Å². The topological polar surface area (TPSA) is 32.3 Å². The van der Waals surface area contributed by atoms with Crippen LogP contribution in [0.5, 0.6) is 0 Å². The van der Waals surface area contributed by atoms with E-state index < -0.39 is 0 Å². The predicted octanol–water partition coefficient (Wildman–Crippen LogP) is 3.00. The van der Waals surface area contributed by atoms with Gasteiger partial charge in [-0.25, -0.2) is 4.79 Å². The third-order valence-corrected chi connectivity index (χ3v) is 2.30. The van der Waals surface area contributed by atoms with Crippen LogP contribution in [0.3, 0.4) is 0 Å². The first-order chi connectivity index (χ1) is 8.09. The summed E-state index contributed by atoms with van der Waals surface area (Å²) in [6, 6.07) is 9.83. The highest BCUT2D eigenvalue weighted by molar-refractivity contribution is 5.74. The molecule has 0 spiro atoms. The molecule has 2 amide bonds. The van der Waals surface area contributed by atoms with Crippen LogP contribution in [0.25, 0.3) is 0 Å². The molecule has 0 saturated heterocycles. The van der Waals surface area contributed by atoms with Gasteiger partial charge >= 0.3 is 6.03 Å². The molecule has 0 fully saturated rings. The van der Waals surface area contributed by atoms with Crippen LogP contribution in [-0.2, 0) is 6.54 Å². The van der Waals surface area contributed by atoms with Crippen molar-refractivity contribution in [2.75, 3.05) is 7.05 Å². The first-order valence-electron chi connectivity index (χ1n) is 5.82. The number of nitrogens with zero attached hydrogens (tertiary/aromatic N) is 1. The molecule has 3 heteroatoms. The minimum Gasteiger partial charge on any atom is -0.323 e. The summed E-state index contributed by atoms with van der Waals surface area (Å²) < 4.78 is 0. The van der Waals surface area contributed by atoms with E-state index in [2.05, 4.69) is 19.2 Å². The minimum absolute atomic E-state index is 0.0919. The molecule has 0 unspecified atom stereocenters. The normalized spacial score (nSPS) is 10.8. The summed E-state index contributed by atoms with van der Waals surface area (Å²) in [5.41, 5.74) is 1.12. The Balaban J connectivity index is 2.42. The molecule has 17 heavy (non-hydrogen) atoms. The van der Waals surface area contributed by atoms with Gasteiger partial charge in [0.1, 0.15) is 0 Å². The maximum atomic E-state index is 11.7. The molecule has 3 nitrogen and oxygen atoms in total. The van der Waals surface area contributed by atoms with Gasteiger partial charge in [0, 0.05) is 19.8 Å². The van der Waals surface area contributed by atoms with E-state index in [1.54, 1.807) is 18.1 Å². The monoisotopic (exact) mass is 232 g/mol. The predicted molar refractivity (Wildman–Crippen MR) is 70.4 cm³/mol. The highest BCUT2D eigenvalue weighted by atomic mass is 16.2. The van der Waals surface area contributed by atoms with Crippen molar-refractivity contribution < 1.29 is 4.79 Å². The van der Waals surface area contributed by atoms with Gasteiger partial charge in [-0.2, -0.15) is 0 Å². The Morgan fingerprint density at radius 1 is 1.35 bits per heavy atom. The number of rotatable bonds is 4. The second-order valence-corrected chi connectivity index (χ2v) is 4.39. The van der Waals surface area contributed by atoms with Crippen molar-refractivity contribution in [3.63, 3.8) is 0 Å². The van der Waals surface area contributed by atoms with E-state index in [1.165, 1.54) is 0 Å². The van der Waals surface area contributed by atoms with Crippen LogP contribution in [-0.4, -0.2) is 18.0 Å². The largest absolute Gasteiger partial charge is 0.323 e. The quantitative estimate of drug-likeness (QED) is 0.850. The number of hydrogen-bond acceptors (Lipinski definition) is 1. The Kier molecular flexibility index (Phi) is 5.27. The van der Waals surface area contributed by atoms with Crippen molar-refractivity contribution in [2.24, 2.45) is 5.92 Å². The molecular formula is C14H20N2O. The molecule has 0 heterocycles. The lowest BCUT2D eigenvalue weighted by atomic mass is 10.2. The Morgan fingerprint density at radius 3 is 2.59 bits per heavy atom. The van der Waals surface area contributed by atoms with Gasteiger partial charge in [0.15, 0.2) is 0 Å². The van der Waals surface area contributed by atoms with Crippen LogP contribution >= 0.6 is 0 Å². The zero-order chi connectivity index (χ0) is 12.7. The summed E-state index contributed by atoms with van der Waals surface area (Å²) in [4.78, 5) is 13.3. The third-order valence-electron chi connectivity index (χ3n) is 2.30. The zero-order valence-corrected chi connectivity index (χ0v) is 10.7. The molecule has 0 aliphatic carbocycles. The summed E-state index contributed by atoms with van der Waals surface area (Å²) in [6.07, 6.45) is 3.66.